The van der Waals surface area contributed by atoms with Gasteiger partial charge < -0.3 is 9.15 Å². The number of nitro benzene ring substituents is 1. The standard InChI is InChI=1S/C28H21N3O6S/c1-3-15-36-27(33)24-17(2)29-28-30(25(24)18-9-5-4-6-10-18)26(32)23(38-28)16-19-13-14-22(37-19)20-11-7-8-12-21(20)31(34)35/h3-14,16,25H,1,15H2,2H3/b23-16-/t25-/m0/s1. The molecule has 190 valence electrons. The number of para-hydroxylation sites is 1. The van der Waals surface area contributed by atoms with Gasteiger partial charge in [0, 0.05) is 12.1 Å². The minimum atomic E-state index is -0.731. The molecule has 0 bridgehead atoms. The predicted molar refractivity (Wildman–Crippen MR) is 142 cm³/mol. The third-order valence-corrected chi connectivity index (χ3v) is 6.94. The first-order valence-corrected chi connectivity index (χ1v) is 12.4. The van der Waals surface area contributed by atoms with E-state index in [0.717, 1.165) is 16.9 Å². The average molecular weight is 528 g/mol. The van der Waals surface area contributed by atoms with Crippen molar-refractivity contribution < 1.29 is 18.9 Å². The Bertz CT molecular complexity index is 1780. The Morgan fingerprint density at radius 1 is 1.18 bits per heavy atom. The molecule has 0 radical (unpaired) electrons. The molecule has 0 spiro atoms. The van der Waals surface area contributed by atoms with E-state index >= 15 is 0 Å². The van der Waals surface area contributed by atoms with Crippen molar-refractivity contribution >= 4 is 29.1 Å². The van der Waals surface area contributed by atoms with Gasteiger partial charge in [0.25, 0.3) is 11.2 Å². The fourth-order valence-corrected chi connectivity index (χ4v) is 5.32. The Morgan fingerprint density at radius 2 is 1.92 bits per heavy atom. The molecule has 0 aliphatic carbocycles. The number of hydrogen-bond acceptors (Lipinski definition) is 8. The molecule has 9 nitrogen and oxygen atoms in total. The van der Waals surface area contributed by atoms with E-state index in [1.807, 2.05) is 30.3 Å². The summed E-state index contributed by atoms with van der Waals surface area (Å²) in [4.78, 5) is 42.6. The van der Waals surface area contributed by atoms with Crippen LogP contribution in [0.25, 0.3) is 17.4 Å². The highest BCUT2D eigenvalue weighted by Gasteiger charge is 2.33. The SMILES string of the molecule is C=CCOC(=O)C1=C(C)N=c2s/c(=C\c3ccc(-c4ccccc4[N+](=O)[O-])o3)c(=O)n2[C@H]1c1ccccc1. The quantitative estimate of drug-likeness (QED) is 0.154. The van der Waals surface area contributed by atoms with Crippen LogP contribution in [0.4, 0.5) is 5.69 Å². The lowest BCUT2D eigenvalue weighted by Crippen LogP contribution is -2.39. The van der Waals surface area contributed by atoms with Crippen LogP contribution >= 0.6 is 11.3 Å². The molecule has 0 unspecified atom stereocenters. The van der Waals surface area contributed by atoms with Crippen molar-refractivity contribution in [2.45, 2.75) is 13.0 Å². The molecule has 1 aliphatic rings. The van der Waals surface area contributed by atoms with Crippen LogP contribution in [-0.2, 0) is 9.53 Å². The second-order valence-electron chi connectivity index (χ2n) is 8.36. The van der Waals surface area contributed by atoms with Crippen molar-refractivity contribution in [3.63, 3.8) is 0 Å². The third kappa shape index (κ3) is 4.53. The number of carbonyl (C=O) groups excluding carboxylic acids is 1. The van der Waals surface area contributed by atoms with Gasteiger partial charge in [-0.3, -0.25) is 19.5 Å². The number of aromatic nitrogens is 1. The maximum absolute atomic E-state index is 13.7. The molecule has 10 heteroatoms. The molecule has 0 N–H and O–H groups in total. The monoisotopic (exact) mass is 527 g/mol. The summed E-state index contributed by atoms with van der Waals surface area (Å²) in [6.07, 6.45) is 3.04. The van der Waals surface area contributed by atoms with Gasteiger partial charge in [-0.25, -0.2) is 9.79 Å². The summed E-state index contributed by atoms with van der Waals surface area (Å²) in [6.45, 7) is 5.33. The molecular weight excluding hydrogens is 506 g/mol. The number of carbonyl (C=O) groups is 1. The zero-order valence-electron chi connectivity index (χ0n) is 20.2. The van der Waals surface area contributed by atoms with Gasteiger partial charge in [0.2, 0.25) is 0 Å². The van der Waals surface area contributed by atoms with Crippen LogP contribution < -0.4 is 14.9 Å². The molecule has 2 aromatic heterocycles. The smallest absolute Gasteiger partial charge is 0.338 e. The minimum Gasteiger partial charge on any atom is -0.458 e. The number of benzene rings is 2. The van der Waals surface area contributed by atoms with Gasteiger partial charge in [-0.15, -0.1) is 0 Å². The lowest BCUT2D eigenvalue weighted by Gasteiger charge is -2.24. The van der Waals surface area contributed by atoms with Gasteiger partial charge >= 0.3 is 5.97 Å². The van der Waals surface area contributed by atoms with Crippen molar-refractivity contribution in [3.05, 3.63) is 132 Å². The lowest BCUT2D eigenvalue weighted by atomic mass is 9.96. The van der Waals surface area contributed by atoms with E-state index in [1.165, 1.54) is 16.7 Å². The zero-order chi connectivity index (χ0) is 26.8. The lowest BCUT2D eigenvalue weighted by molar-refractivity contribution is -0.384. The molecule has 1 atom stereocenters. The van der Waals surface area contributed by atoms with Crippen molar-refractivity contribution in [2.75, 3.05) is 6.61 Å². The van der Waals surface area contributed by atoms with Gasteiger partial charge in [0.05, 0.1) is 32.3 Å². The summed E-state index contributed by atoms with van der Waals surface area (Å²) < 4.78 is 13.0. The molecule has 4 aromatic rings. The highest BCUT2D eigenvalue weighted by Crippen LogP contribution is 2.32. The Balaban J connectivity index is 1.62. The topological polar surface area (TPSA) is 117 Å². The number of nitrogens with zero attached hydrogens (tertiary/aromatic N) is 3. The number of hydrogen-bond donors (Lipinski definition) is 0. The maximum Gasteiger partial charge on any atom is 0.338 e. The van der Waals surface area contributed by atoms with E-state index in [0.29, 0.717) is 32.1 Å². The number of thiazole rings is 1. The molecule has 0 fully saturated rings. The summed E-state index contributed by atoms with van der Waals surface area (Å²) in [5, 5.41) is 11.4. The summed E-state index contributed by atoms with van der Waals surface area (Å²) in [5.74, 6) is 0.0806. The Kier molecular flexibility index (Phi) is 6.71. The van der Waals surface area contributed by atoms with Crippen LogP contribution in [0.15, 0.2) is 105 Å². The minimum absolute atomic E-state index is 0.0297. The highest BCUT2D eigenvalue weighted by molar-refractivity contribution is 7.07. The Labute approximate surface area is 220 Å². The number of esters is 1. The van der Waals surface area contributed by atoms with E-state index in [4.69, 9.17) is 9.15 Å². The van der Waals surface area contributed by atoms with Crippen molar-refractivity contribution in [1.29, 1.82) is 0 Å². The van der Waals surface area contributed by atoms with Crippen LogP contribution in [0.3, 0.4) is 0 Å². The highest BCUT2D eigenvalue weighted by atomic mass is 32.1. The first-order chi connectivity index (χ1) is 18.4. The predicted octanol–water partition coefficient (Wildman–Crippen LogP) is 4.13. The van der Waals surface area contributed by atoms with Gasteiger partial charge in [-0.1, -0.05) is 66.5 Å². The van der Waals surface area contributed by atoms with Gasteiger partial charge in [0.1, 0.15) is 18.1 Å². The number of fused-ring (bicyclic) bond motifs is 1. The summed E-state index contributed by atoms with van der Waals surface area (Å²) in [7, 11) is 0. The largest absolute Gasteiger partial charge is 0.458 e. The number of allylic oxidation sites excluding steroid dienone is 1. The van der Waals surface area contributed by atoms with Crippen LogP contribution in [0, 0.1) is 10.1 Å². The zero-order valence-corrected chi connectivity index (χ0v) is 21.0. The van der Waals surface area contributed by atoms with E-state index in [9.17, 15) is 19.7 Å². The first kappa shape index (κ1) is 24.8. The second kappa shape index (κ2) is 10.3. The third-order valence-electron chi connectivity index (χ3n) is 5.96. The second-order valence-corrected chi connectivity index (χ2v) is 9.36. The van der Waals surface area contributed by atoms with Crippen molar-refractivity contribution in [3.8, 4) is 11.3 Å². The molecule has 1 aliphatic heterocycles. The molecule has 0 saturated heterocycles. The van der Waals surface area contributed by atoms with E-state index in [-0.39, 0.29) is 23.4 Å². The first-order valence-electron chi connectivity index (χ1n) is 11.6. The van der Waals surface area contributed by atoms with Crippen LogP contribution in [-0.4, -0.2) is 22.1 Å². The average Bonchev–Trinajstić information content (AvgIpc) is 3.51. The van der Waals surface area contributed by atoms with Crippen molar-refractivity contribution in [1.82, 2.24) is 4.57 Å². The van der Waals surface area contributed by atoms with Gasteiger partial charge in [-0.05, 0) is 30.7 Å². The number of rotatable bonds is 7. The summed E-state index contributed by atoms with van der Waals surface area (Å²) in [6, 6.07) is 18.0. The van der Waals surface area contributed by atoms with Crippen LogP contribution in [0.5, 0.6) is 0 Å². The molecule has 5 rings (SSSR count). The Morgan fingerprint density at radius 3 is 2.66 bits per heavy atom. The maximum atomic E-state index is 13.7. The van der Waals surface area contributed by atoms with E-state index in [1.54, 1.807) is 43.3 Å². The molecule has 2 aromatic carbocycles. The molecule has 0 amide bonds. The molecule has 3 heterocycles. The summed E-state index contributed by atoms with van der Waals surface area (Å²) >= 11 is 1.16. The fraction of sp³-hybridized carbons (Fsp3) is 0.107. The molecule has 38 heavy (non-hydrogen) atoms. The summed E-state index contributed by atoms with van der Waals surface area (Å²) in [5.41, 5.74) is 1.36. The molecule has 0 saturated carbocycles. The molecular formula is C28H21N3O6S. The van der Waals surface area contributed by atoms with Crippen LogP contribution in [0.1, 0.15) is 24.3 Å². The number of furan rings is 1. The normalized spacial score (nSPS) is 15.1. The van der Waals surface area contributed by atoms with E-state index < -0.39 is 16.9 Å². The number of ether oxygens (including phenoxy) is 1. The van der Waals surface area contributed by atoms with Gasteiger partial charge in [-0.2, -0.15) is 0 Å². The van der Waals surface area contributed by atoms with E-state index in [2.05, 4.69) is 11.6 Å². The van der Waals surface area contributed by atoms with Crippen LogP contribution in [0.2, 0.25) is 0 Å². The number of nitro groups is 1. The van der Waals surface area contributed by atoms with Gasteiger partial charge in [0.15, 0.2) is 4.80 Å². The fourth-order valence-electron chi connectivity index (χ4n) is 4.29. The Hall–Kier alpha value is -4.83. The van der Waals surface area contributed by atoms with Crippen molar-refractivity contribution in [2.24, 2.45) is 4.99 Å².